The van der Waals surface area contributed by atoms with E-state index in [1.807, 2.05) is 0 Å². The van der Waals surface area contributed by atoms with Crippen molar-refractivity contribution in [2.45, 2.75) is 76.4 Å². The van der Waals surface area contributed by atoms with Crippen molar-refractivity contribution in [1.29, 1.82) is 0 Å². The Labute approximate surface area is 129 Å². The fraction of sp³-hybridized carbons (Fsp3) is 0.684. The maximum atomic E-state index is 6.17. The molecular formula is C19H29NO. The SMILES string of the molecule is c1cc(CCC2CCCCN2)cc(OC2CCCCC2)c1. The third-order valence-electron chi connectivity index (χ3n) is 4.95. The fourth-order valence-corrected chi connectivity index (χ4v) is 3.66. The molecule has 0 amide bonds. The Morgan fingerprint density at radius 3 is 2.67 bits per heavy atom. The predicted octanol–water partition coefficient (Wildman–Crippen LogP) is 4.47. The van der Waals surface area contributed by atoms with Crippen LogP contribution in [-0.4, -0.2) is 18.7 Å². The van der Waals surface area contributed by atoms with Crippen LogP contribution in [0.1, 0.15) is 63.4 Å². The number of rotatable bonds is 5. The van der Waals surface area contributed by atoms with E-state index in [1.54, 1.807) is 0 Å². The number of hydrogen-bond donors (Lipinski definition) is 1. The number of benzene rings is 1. The van der Waals surface area contributed by atoms with E-state index in [1.165, 1.54) is 76.3 Å². The van der Waals surface area contributed by atoms with E-state index in [-0.39, 0.29) is 0 Å². The molecule has 116 valence electrons. The molecule has 1 aliphatic heterocycles. The van der Waals surface area contributed by atoms with Crippen LogP contribution in [0, 0.1) is 0 Å². The van der Waals surface area contributed by atoms with Crippen molar-refractivity contribution in [2.24, 2.45) is 0 Å². The maximum absolute atomic E-state index is 6.17. The van der Waals surface area contributed by atoms with Crippen LogP contribution in [0.2, 0.25) is 0 Å². The summed E-state index contributed by atoms with van der Waals surface area (Å²) in [4.78, 5) is 0. The molecule has 1 aromatic rings. The van der Waals surface area contributed by atoms with Crippen molar-refractivity contribution in [1.82, 2.24) is 5.32 Å². The molecular weight excluding hydrogens is 258 g/mol. The summed E-state index contributed by atoms with van der Waals surface area (Å²) in [5.74, 6) is 1.08. The second-order valence-corrected chi connectivity index (χ2v) is 6.71. The maximum Gasteiger partial charge on any atom is 0.119 e. The Morgan fingerprint density at radius 2 is 1.86 bits per heavy atom. The molecule has 2 fully saturated rings. The molecule has 1 atom stereocenters. The van der Waals surface area contributed by atoms with Crippen molar-refractivity contribution in [2.75, 3.05) is 6.54 Å². The fourth-order valence-electron chi connectivity index (χ4n) is 3.66. The molecule has 0 aromatic heterocycles. The van der Waals surface area contributed by atoms with Crippen LogP contribution in [0.15, 0.2) is 24.3 Å². The summed E-state index contributed by atoms with van der Waals surface area (Å²) in [5.41, 5.74) is 1.43. The highest BCUT2D eigenvalue weighted by Crippen LogP contribution is 2.24. The summed E-state index contributed by atoms with van der Waals surface area (Å²) in [7, 11) is 0. The molecule has 0 bridgehead atoms. The zero-order valence-corrected chi connectivity index (χ0v) is 13.2. The predicted molar refractivity (Wildman–Crippen MR) is 87.9 cm³/mol. The van der Waals surface area contributed by atoms with Crippen molar-refractivity contribution in [3.63, 3.8) is 0 Å². The smallest absolute Gasteiger partial charge is 0.119 e. The highest BCUT2D eigenvalue weighted by Gasteiger charge is 2.15. The lowest BCUT2D eigenvalue weighted by molar-refractivity contribution is 0.155. The minimum absolute atomic E-state index is 0.453. The summed E-state index contributed by atoms with van der Waals surface area (Å²) in [6.07, 6.45) is 13.5. The second kappa shape index (κ2) is 7.84. The molecule has 2 nitrogen and oxygen atoms in total. The highest BCUT2D eigenvalue weighted by molar-refractivity contribution is 5.29. The first-order chi connectivity index (χ1) is 10.4. The first-order valence-corrected chi connectivity index (χ1v) is 8.89. The van der Waals surface area contributed by atoms with Gasteiger partial charge in [-0.25, -0.2) is 0 Å². The van der Waals surface area contributed by atoms with E-state index in [9.17, 15) is 0 Å². The van der Waals surface area contributed by atoms with Crippen molar-refractivity contribution >= 4 is 0 Å². The lowest BCUT2D eigenvalue weighted by atomic mass is 9.97. The topological polar surface area (TPSA) is 21.3 Å². The van der Waals surface area contributed by atoms with Crippen molar-refractivity contribution in [3.8, 4) is 5.75 Å². The molecule has 1 N–H and O–H groups in total. The van der Waals surface area contributed by atoms with Gasteiger partial charge in [0.25, 0.3) is 0 Å². The summed E-state index contributed by atoms with van der Waals surface area (Å²) in [6, 6.07) is 9.51. The van der Waals surface area contributed by atoms with E-state index in [2.05, 4.69) is 29.6 Å². The monoisotopic (exact) mass is 287 g/mol. The number of nitrogens with one attached hydrogen (secondary N) is 1. The van der Waals surface area contributed by atoms with Crippen LogP contribution in [-0.2, 0) is 6.42 Å². The minimum Gasteiger partial charge on any atom is -0.490 e. The Kier molecular flexibility index (Phi) is 5.56. The van der Waals surface area contributed by atoms with Crippen LogP contribution in [0.3, 0.4) is 0 Å². The Balaban J connectivity index is 1.50. The Morgan fingerprint density at radius 1 is 1.00 bits per heavy atom. The second-order valence-electron chi connectivity index (χ2n) is 6.71. The van der Waals surface area contributed by atoms with Gasteiger partial charge in [-0.05, 0) is 75.6 Å². The zero-order chi connectivity index (χ0) is 14.3. The van der Waals surface area contributed by atoms with Crippen LogP contribution in [0.4, 0.5) is 0 Å². The molecule has 0 radical (unpaired) electrons. The highest BCUT2D eigenvalue weighted by atomic mass is 16.5. The van der Waals surface area contributed by atoms with Gasteiger partial charge < -0.3 is 10.1 Å². The van der Waals surface area contributed by atoms with Gasteiger partial charge in [0.1, 0.15) is 5.75 Å². The Bertz CT molecular complexity index is 419. The standard InChI is InChI=1S/C19H29NO/c1-2-9-18(10-3-1)21-19-11-6-7-16(15-19)12-13-17-8-4-5-14-20-17/h6-7,11,15,17-18,20H,1-5,8-10,12-14H2. The number of ether oxygens (including phenoxy) is 1. The lowest BCUT2D eigenvalue weighted by Crippen LogP contribution is -2.34. The molecule has 1 saturated heterocycles. The largest absolute Gasteiger partial charge is 0.490 e. The van der Waals surface area contributed by atoms with Gasteiger partial charge in [0.2, 0.25) is 0 Å². The molecule has 1 saturated carbocycles. The zero-order valence-electron chi connectivity index (χ0n) is 13.2. The first kappa shape index (κ1) is 14.9. The third-order valence-corrected chi connectivity index (χ3v) is 4.95. The van der Waals surface area contributed by atoms with Crippen molar-refractivity contribution < 1.29 is 4.74 Å². The lowest BCUT2D eigenvalue weighted by Gasteiger charge is -2.24. The van der Waals surface area contributed by atoms with Crippen LogP contribution in [0.5, 0.6) is 5.75 Å². The molecule has 1 unspecified atom stereocenters. The Hall–Kier alpha value is -1.02. The van der Waals surface area contributed by atoms with E-state index >= 15 is 0 Å². The van der Waals surface area contributed by atoms with Gasteiger partial charge in [-0.15, -0.1) is 0 Å². The van der Waals surface area contributed by atoms with Gasteiger partial charge in [0, 0.05) is 6.04 Å². The molecule has 3 rings (SSSR count). The number of hydrogen-bond acceptors (Lipinski definition) is 2. The number of piperidine rings is 1. The number of aryl methyl sites for hydroxylation is 1. The molecule has 1 aromatic carbocycles. The van der Waals surface area contributed by atoms with E-state index in [0.29, 0.717) is 6.10 Å². The molecule has 1 aliphatic carbocycles. The van der Waals surface area contributed by atoms with Gasteiger partial charge in [-0.3, -0.25) is 0 Å². The van der Waals surface area contributed by atoms with Crippen molar-refractivity contribution in [3.05, 3.63) is 29.8 Å². The van der Waals surface area contributed by atoms with Gasteiger partial charge in [-0.1, -0.05) is 25.0 Å². The van der Waals surface area contributed by atoms with Gasteiger partial charge in [0.05, 0.1) is 6.10 Å². The van der Waals surface area contributed by atoms with Crippen LogP contribution >= 0.6 is 0 Å². The molecule has 1 heterocycles. The quantitative estimate of drug-likeness (QED) is 0.862. The summed E-state index contributed by atoms with van der Waals surface area (Å²) in [6.45, 7) is 1.20. The molecule has 2 heteroatoms. The normalized spacial score (nSPS) is 23.9. The van der Waals surface area contributed by atoms with Gasteiger partial charge in [-0.2, -0.15) is 0 Å². The summed E-state index contributed by atoms with van der Waals surface area (Å²) >= 11 is 0. The summed E-state index contributed by atoms with van der Waals surface area (Å²) in [5, 5.41) is 3.64. The van der Waals surface area contributed by atoms with E-state index < -0.39 is 0 Å². The average molecular weight is 287 g/mol. The van der Waals surface area contributed by atoms with Crippen LogP contribution in [0.25, 0.3) is 0 Å². The average Bonchev–Trinajstić information content (AvgIpc) is 2.55. The van der Waals surface area contributed by atoms with E-state index in [4.69, 9.17) is 4.74 Å². The summed E-state index contributed by atoms with van der Waals surface area (Å²) < 4.78 is 6.17. The third kappa shape index (κ3) is 4.74. The molecule has 0 spiro atoms. The van der Waals surface area contributed by atoms with E-state index in [0.717, 1.165) is 11.8 Å². The minimum atomic E-state index is 0.453. The van der Waals surface area contributed by atoms with Crippen LogP contribution < -0.4 is 10.1 Å². The molecule has 2 aliphatic rings. The van der Waals surface area contributed by atoms with Gasteiger partial charge >= 0.3 is 0 Å². The molecule has 21 heavy (non-hydrogen) atoms. The van der Waals surface area contributed by atoms with Gasteiger partial charge in [0.15, 0.2) is 0 Å². The first-order valence-electron chi connectivity index (χ1n) is 8.89.